The van der Waals surface area contributed by atoms with Gasteiger partial charge in [0.1, 0.15) is 0 Å². The van der Waals surface area contributed by atoms with E-state index < -0.39 is 0 Å². The highest BCUT2D eigenvalue weighted by atomic mass is 79.9. The summed E-state index contributed by atoms with van der Waals surface area (Å²) >= 11 is 3.54. The van der Waals surface area contributed by atoms with E-state index in [2.05, 4.69) is 51.3 Å². The van der Waals surface area contributed by atoms with E-state index in [9.17, 15) is 5.11 Å². The topological polar surface area (TPSA) is 35.5 Å². The third kappa shape index (κ3) is 2.71. The Bertz CT molecular complexity index is 411. The fourth-order valence-electron chi connectivity index (χ4n) is 2.63. The predicted octanol–water partition coefficient (Wildman–Crippen LogP) is 2.69. The van der Waals surface area contributed by atoms with Crippen molar-refractivity contribution in [2.24, 2.45) is 0 Å². The first-order valence-corrected chi connectivity index (χ1v) is 7.31. The highest BCUT2D eigenvalue weighted by Gasteiger charge is 2.26. The zero-order chi connectivity index (χ0) is 13.1. The number of anilines is 1. The monoisotopic (exact) mass is 312 g/mol. The molecule has 1 aliphatic heterocycles. The lowest BCUT2D eigenvalue weighted by Crippen LogP contribution is -2.33. The Morgan fingerprint density at radius 1 is 1.56 bits per heavy atom. The molecular weight excluding hydrogens is 292 g/mol. The molecule has 0 radical (unpaired) electrons. The molecule has 2 unspecified atom stereocenters. The molecule has 100 valence electrons. The number of halogens is 1. The van der Waals surface area contributed by atoms with Crippen LogP contribution < -0.4 is 10.2 Å². The van der Waals surface area contributed by atoms with E-state index in [1.807, 2.05) is 7.05 Å². The highest BCUT2D eigenvalue weighted by Crippen LogP contribution is 2.33. The lowest BCUT2D eigenvalue weighted by atomic mass is 10.0. The van der Waals surface area contributed by atoms with Crippen molar-refractivity contribution in [3.63, 3.8) is 0 Å². The van der Waals surface area contributed by atoms with Crippen molar-refractivity contribution in [1.82, 2.24) is 5.32 Å². The minimum Gasteiger partial charge on any atom is -0.394 e. The number of aliphatic hydroxyl groups is 1. The second-order valence-corrected chi connectivity index (χ2v) is 5.80. The normalized spacial score (nSPS) is 21.3. The Morgan fingerprint density at radius 2 is 2.33 bits per heavy atom. The van der Waals surface area contributed by atoms with Crippen LogP contribution in [0, 0.1) is 0 Å². The van der Waals surface area contributed by atoms with Crippen molar-refractivity contribution in [2.45, 2.75) is 31.8 Å². The van der Waals surface area contributed by atoms with Crippen molar-refractivity contribution in [1.29, 1.82) is 0 Å². The molecule has 1 heterocycles. The summed E-state index contributed by atoms with van der Waals surface area (Å²) in [6, 6.07) is 6.98. The molecule has 3 nitrogen and oxygen atoms in total. The largest absolute Gasteiger partial charge is 0.394 e. The number of benzene rings is 1. The molecule has 4 heteroatoms. The lowest BCUT2D eigenvalue weighted by Gasteiger charge is -2.29. The summed E-state index contributed by atoms with van der Waals surface area (Å²) in [5.74, 6) is 0. The van der Waals surface area contributed by atoms with E-state index >= 15 is 0 Å². The Balaban J connectivity index is 2.37. The van der Waals surface area contributed by atoms with Gasteiger partial charge in [0.2, 0.25) is 0 Å². The first-order chi connectivity index (χ1) is 8.67. The second-order valence-electron chi connectivity index (χ2n) is 4.89. The van der Waals surface area contributed by atoms with Gasteiger partial charge in [-0.05, 0) is 50.6 Å². The van der Waals surface area contributed by atoms with Gasteiger partial charge in [0, 0.05) is 22.7 Å². The molecule has 0 amide bonds. The first kappa shape index (κ1) is 13.8. The third-order valence-electron chi connectivity index (χ3n) is 3.79. The van der Waals surface area contributed by atoms with Gasteiger partial charge < -0.3 is 15.3 Å². The molecule has 18 heavy (non-hydrogen) atoms. The summed E-state index contributed by atoms with van der Waals surface area (Å²) in [5, 5.41) is 12.8. The minimum absolute atomic E-state index is 0.240. The van der Waals surface area contributed by atoms with Crippen LogP contribution in [0.15, 0.2) is 22.7 Å². The molecule has 1 fully saturated rings. The van der Waals surface area contributed by atoms with Gasteiger partial charge >= 0.3 is 0 Å². The van der Waals surface area contributed by atoms with Crippen LogP contribution in [0.3, 0.4) is 0 Å². The van der Waals surface area contributed by atoms with Crippen LogP contribution in [0.25, 0.3) is 0 Å². The maximum absolute atomic E-state index is 9.47. The van der Waals surface area contributed by atoms with E-state index in [4.69, 9.17) is 0 Å². The van der Waals surface area contributed by atoms with Crippen LogP contribution >= 0.6 is 15.9 Å². The van der Waals surface area contributed by atoms with E-state index in [-0.39, 0.29) is 12.6 Å². The molecule has 1 aliphatic rings. The van der Waals surface area contributed by atoms with Crippen LogP contribution in [-0.4, -0.2) is 31.3 Å². The summed E-state index contributed by atoms with van der Waals surface area (Å²) in [6.45, 7) is 3.44. The molecule has 2 atom stereocenters. The third-order valence-corrected chi connectivity index (χ3v) is 4.28. The summed E-state index contributed by atoms with van der Waals surface area (Å²) in [7, 11) is 1.98. The SMILES string of the molecule is CNC(C)c1cc(Br)ccc1N1CCCC1CO. The number of aliphatic hydroxyl groups excluding tert-OH is 1. The van der Waals surface area contributed by atoms with Crippen molar-refractivity contribution in [3.8, 4) is 0 Å². The lowest BCUT2D eigenvalue weighted by molar-refractivity contribution is 0.266. The zero-order valence-corrected chi connectivity index (χ0v) is 12.6. The fraction of sp³-hybridized carbons (Fsp3) is 0.571. The molecule has 0 spiro atoms. The molecular formula is C14H21BrN2O. The Morgan fingerprint density at radius 3 is 3.00 bits per heavy atom. The highest BCUT2D eigenvalue weighted by molar-refractivity contribution is 9.10. The van der Waals surface area contributed by atoms with Crippen LogP contribution in [0.1, 0.15) is 31.4 Å². The van der Waals surface area contributed by atoms with Gasteiger partial charge in [0.25, 0.3) is 0 Å². The van der Waals surface area contributed by atoms with Gasteiger partial charge in [-0.1, -0.05) is 15.9 Å². The van der Waals surface area contributed by atoms with Gasteiger partial charge in [-0.15, -0.1) is 0 Å². The van der Waals surface area contributed by atoms with Gasteiger partial charge in [0.15, 0.2) is 0 Å². The molecule has 1 aromatic rings. The van der Waals surface area contributed by atoms with Crippen molar-refractivity contribution < 1.29 is 5.11 Å². The quantitative estimate of drug-likeness (QED) is 0.897. The van der Waals surface area contributed by atoms with E-state index in [1.165, 1.54) is 11.3 Å². The van der Waals surface area contributed by atoms with E-state index in [0.29, 0.717) is 6.04 Å². The average Bonchev–Trinajstić information content (AvgIpc) is 2.85. The first-order valence-electron chi connectivity index (χ1n) is 6.51. The molecule has 2 N–H and O–H groups in total. The summed E-state index contributed by atoms with van der Waals surface area (Å²) < 4.78 is 1.10. The molecule has 1 aromatic carbocycles. The van der Waals surface area contributed by atoms with Crippen molar-refractivity contribution in [3.05, 3.63) is 28.2 Å². The second kappa shape index (κ2) is 6.04. The van der Waals surface area contributed by atoms with Crippen LogP contribution in [0.4, 0.5) is 5.69 Å². The van der Waals surface area contributed by atoms with E-state index in [0.717, 1.165) is 23.9 Å². The molecule has 0 aliphatic carbocycles. The molecule has 0 saturated carbocycles. The molecule has 1 saturated heterocycles. The predicted molar refractivity (Wildman–Crippen MR) is 79.1 cm³/mol. The number of nitrogens with one attached hydrogen (secondary N) is 1. The molecule has 0 aromatic heterocycles. The Hall–Kier alpha value is -0.580. The van der Waals surface area contributed by atoms with Gasteiger partial charge in [-0.3, -0.25) is 0 Å². The van der Waals surface area contributed by atoms with Crippen molar-refractivity contribution >= 4 is 21.6 Å². The van der Waals surface area contributed by atoms with Gasteiger partial charge in [-0.25, -0.2) is 0 Å². The Labute approximate surface area is 117 Å². The average molecular weight is 313 g/mol. The van der Waals surface area contributed by atoms with Gasteiger partial charge in [0.05, 0.1) is 12.6 Å². The summed E-state index contributed by atoms with van der Waals surface area (Å²) in [4.78, 5) is 2.34. The standard InChI is InChI=1S/C14H21BrN2O/c1-10(16-2)13-8-11(15)5-6-14(13)17-7-3-4-12(17)9-18/h5-6,8,10,12,16,18H,3-4,7,9H2,1-2H3. The smallest absolute Gasteiger partial charge is 0.0635 e. The molecule has 2 rings (SSSR count). The minimum atomic E-state index is 0.240. The van der Waals surface area contributed by atoms with Crippen molar-refractivity contribution in [2.75, 3.05) is 25.1 Å². The van der Waals surface area contributed by atoms with Gasteiger partial charge in [-0.2, -0.15) is 0 Å². The fourth-order valence-corrected chi connectivity index (χ4v) is 3.01. The summed E-state index contributed by atoms with van der Waals surface area (Å²) in [5.41, 5.74) is 2.53. The maximum Gasteiger partial charge on any atom is 0.0635 e. The van der Waals surface area contributed by atoms with Crippen LogP contribution in [-0.2, 0) is 0 Å². The number of rotatable bonds is 4. The number of hydrogen-bond acceptors (Lipinski definition) is 3. The zero-order valence-electron chi connectivity index (χ0n) is 11.0. The number of nitrogens with zero attached hydrogens (tertiary/aromatic N) is 1. The summed E-state index contributed by atoms with van der Waals surface area (Å²) in [6.07, 6.45) is 2.24. The Kier molecular flexibility index (Phi) is 4.65. The van der Waals surface area contributed by atoms with E-state index in [1.54, 1.807) is 0 Å². The number of hydrogen-bond donors (Lipinski definition) is 2. The maximum atomic E-state index is 9.47. The van der Waals surface area contributed by atoms with Crippen LogP contribution in [0.2, 0.25) is 0 Å². The van der Waals surface area contributed by atoms with Crippen LogP contribution in [0.5, 0.6) is 0 Å². The molecule has 0 bridgehead atoms.